The lowest BCUT2D eigenvalue weighted by atomic mass is 9.84. The first-order valence-electron chi connectivity index (χ1n) is 8.29. The summed E-state index contributed by atoms with van der Waals surface area (Å²) in [5.41, 5.74) is 1.24. The molecule has 23 heavy (non-hydrogen) atoms. The van der Waals surface area contributed by atoms with Crippen molar-refractivity contribution in [3.05, 3.63) is 34.3 Å². The zero-order chi connectivity index (χ0) is 15.9. The van der Waals surface area contributed by atoms with Gasteiger partial charge in [-0.05, 0) is 62.7 Å². The maximum absolute atomic E-state index is 12.2. The van der Waals surface area contributed by atoms with Crippen molar-refractivity contribution in [2.24, 2.45) is 11.8 Å². The molecule has 130 valence electrons. The van der Waals surface area contributed by atoms with Crippen LogP contribution in [-0.4, -0.2) is 25.0 Å². The Kier molecular flexibility index (Phi) is 9.18. The molecule has 1 fully saturated rings. The van der Waals surface area contributed by atoms with E-state index in [9.17, 15) is 4.79 Å². The van der Waals surface area contributed by atoms with Crippen LogP contribution in [-0.2, 0) is 11.2 Å². The maximum Gasteiger partial charge on any atom is 0.220 e. The van der Waals surface area contributed by atoms with Crippen LogP contribution in [0.4, 0.5) is 0 Å². The van der Waals surface area contributed by atoms with Gasteiger partial charge in [-0.2, -0.15) is 0 Å². The fourth-order valence-electron chi connectivity index (χ4n) is 3.25. The second kappa shape index (κ2) is 10.3. The quantitative estimate of drug-likeness (QED) is 0.755. The average molecular weight is 404 g/mol. The largest absolute Gasteiger partial charge is 0.353 e. The predicted molar refractivity (Wildman–Crippen MR) is 102 cm³/mol. The highest BCUT2D eigenvalue weighted by molar-refractivity contribution is 9.10. The molecule has 2 atom stereocenters. The van der Waals surface area contributed by atoms with Gasteiger partial charge in [-0.25, -0.2) is 0 Å². The lowest BCUT2D eigenvalue weighted by Gasteiger charge is -2.28. The molecule has 1 heterocycles. The molecule has 2 N–H and O–H groups in total. The molecule has 1 amide bonds. The number of piperidine rings is 1. The topological polar surface area (TPSA) is 41.1 Å². The van der Waals surface area contributed by atoms with Crippen molar-refractivity contribution < 1.29 is 4.79 Å². The van der Waals surface area contributed by atoms with E-state index in [1.54, 1.807) is 0 Å². The second-order valence-corrected chi connectivity index (χ2v) is 7.39. The van der Waals surface area contributed by atoms with Gasteiger partial charge in [-0.1, -0.05) is 41.1 Å². The van der Waals surface area contributed by atoms with Crippen molar-refractivity contribution in [2.75, 3.05) is 13.1 Å². The van der Waals surface area contributed by atoms with Crippen molar-refractivity contribution in [1.82, 2.24) is 10.6 Å². The van der Waals surface area contributed by atoms with Gasteiger partial charge in [0.2, 0.25) is 5.91 Å². The first-order chi connectivity index (χ1) is 10.6. The molecular weight excluding hydrogens is 376 g/mol. The third kappa shape index (κ3) is 6.82. The Bertz CT molecular complexity index is 492. The summed E-state index contributed by atoms with van der Waals surface area (Å²) >= 11 is 3.56. The van der Waals surface area contributed by atoms with E-state index in [1.165, 1.54) is 18.4 Å². The molecule has 1 aliphatic heterocycles. The van der Waals surface area contributed by atoms with E-state index >= 15 is 0 Å². The molecule has 1 aromatic carbocycles. The first-order valence-corrected chi connectivity index (χ1v) is 9.09. The smallest absolute Gasteiger partial charge is 0.220 e. The Labute approximate surface area is 154 Å². The first kappa shape index (κ1) is 20.5. The lowest BCUT2D eigenvalue weighted by molar-refractivity contribution is -0.122. The van der Waals surface area contributed by atoms with Crippen molar-refractivity contribution >= 4 is 34.2 Å². The minimum absolute atomic E-state index is 0. The highest BCUT2D eigenvalue weighted by Gasteiger charge is 2.22. The van der Waals surface area contributed by atoms with Crippen molar-refractivity contribution in [3.63, 3.8) is 0 Å². The van der Waals surface area contributed by atoms with E-state index in [2.05, 4.69) is 46.5 Å². The van der Waals surface area contributed by atoms with Gasteiger partial charge in [0.05, 0.1) is 0 Å². The number of carbonyl (C=O) groups excluding carboxylic acids is 1. The Morgan fingerprint density at radius 1 is 1.30 bits per heavy atom. The predicted octanol–water partition coefficient (Wildman–Crippen LogP) is 3.94. The van der Waals surface area contributed by atoms with Crippen LogP contribution in [0.5, 0.6) is 0 Å². The van der Waals surface area contributed by atoms with Crippen LogP contribution in [0.3, 0.4) is 0 Å². The number of benzene rings is 1. The Morgan fingerprint density at radius 3 is 2.61 bits per heavy atom. The summed E-state index contributed by atoms with van der Waals surface area (Å²) in [5.74, 6) is 1.34. The zero-order valence-electron chi connectivity index (χ0n) is 14.0. The Morgan fingerprint density at radius 2 is 1.96 bits per heavy atom. The summed E-state index contributed by atoms with van der Waals surface area (Å²) in [7, 11) is 0. The Balaban J connectivity index is 0.00000264. The number of carbonyl (C=O) groups is 1. The molecule has 0 bridgehead atoms. The summed E-state index contributed by atoms with van der Waals surface area (Å²) in [5, 5.41) is 6.53. The molecule has 1 aliphatic rings. The lowest BCUT2D eigenvalue weighted by Crippen LogP contribution is -2.37. The van der Waals surface area contributed by atoms with E-state index in [0.717, 1.165) is 24.0 Å². The number of hydrogen-bond acceptors (Lipinski definition) is 2. The molecule has 1 aromatic rings. The third-order valence-corrected chi connectivity index (χ3v) is 5.36. The van der Waals surface area contributed by atoms with Crippen LogP contribution in [0, 0.1) is 11.8 Å². The van der Waals surface area contributed by atoms with Crippen LogP contribution in [0.1, 0.15) is 38.7 Å². The van der Waals surface area contributed by atoms with Crippen molar-refractivity contribution in [1.29, 1.82) is 0 Å². The molecule has 0 aromatic heterocycles. The van der Waals surface area contributed by atoms with Gasteiger partial charge in [0, 0.05) is 16.9 Å². The molecular formula is C18H28BrClN2O. The highest BCUT2D eigenvalue weighted by Crippen LogP contribution is 2.24. The number of nitrogens with one attached hydrogen (secondary N) is 2. The van der Waals surface area contributed by atoms with Gasteiger partial charge in [-0.3, -0.25) is 4.79 Å². The SMILES string of the molecule is CC(Cc1ccccc1Br)NC(=O)CC(C)C1CCNCC1.Cl. The molecule has 3 nitrogen and oxygen atoms in total. The zero-order valence-corrected chi connectivity index (χ0v) is 16.4. The summed E-state index contributed by atoms with van der Waals surface area (Å²) < 4.78 is 1.11. The van der Waals surface area contributed by atoms with Gasteiger partial charge in [0.25, 0.3) is 0 Å². The van der Waals surface area contributed by atoms with Gasteiger partial charge in [-0.15, -0.1) is 12.4 Å². The number of amides is 1. The Hall–Kier alpha value is -0.580. The number of hydrogen-bond donors (Lipinski definition) is 2. The molecule has 0 spiro atoms. The summed E-state index contributed by atoms with van der Waals surface area (Å²) in [6, 6.07) is 8.35. The monoisotopic (exact) mass is 402 g/mol. The van der Waals surface area contributed by atoms with Gasteiger partial charge in [0.1, 0.15) is 0 Å². The fourth-order valence-corrected chi connectivity index (χ4v) is 3.70. The van der Waals surface area contributed by atoms with E-state index in [1.807, 2.05) is 18.2 Å². The number of halogens is 2. The minimum atomic E-state index is 0. The molecule has 1 saturated heterocycles. The van der Waals surface area contributed by atoms with E-state index < -0.39 is 0 Å². The van der Waals surface area contributed by atoms with Crippen LogP contribution in [0.2, 0.25) is 0 Å². The van der Waals surface area contributed by atoms with Crippen LogP contribution < -0.4 is 10.6 Å². The van der Waals surface area contributed by atoms with E-state index in [0.29, 0.717) is 18.3 Å². The van der Waals surface area contributed by atoms with Crippen LogP contribution >= 0.6 is 28.3 Å². The molecule has 5 heteroatoms. The number of rotatable bonds is 6. The summed E-state index contributed by atoms with van der Waals surface area (Å²) in [4.78, 5) is 12.2. The van der Waals surface area contributed by atoms with Crippen molar-refractivity contribution in [2.45, 2.75) is 45.6 Å². The van der Waals surface area contributed by atoms with Gasteiger partial charge >= 0.3 is 0 Å². The second-order valence-electron chi connectivity index (χ2n) is 6.53. The highest BCUT2D eigenvalue weighted by atomic mass is 79.9. The third-order valence-electron chi connectivity index (χ3n) is 4.59. The van der Waals surface area contributed by atoms with E-state index in [-0.39, 0.29) is 24.4 Å². The fraction of sp³-hybridized carbons (Fsp3) is 0.611. The molecule has 2 unspecified atom stereocenters. The minimum Gasteiger partial charge on any atom is -0.353 e. The van der Waals surface area contributed by atoms with Crippen molar-refractivity contribution in [3.8, 4) is 0 Å². The standard InChI is InChI=1S/C18H27BrN2O.ClH/c1-13(15-7-9-20-10-8-15)11-18(22)21-14(2)12-16-5-3-4-6-17(16)19;/h3-6,13-15,20H,7-12H2,1-2H3,(H,21,22);1H. The molecule has 0 aliphatic carbocycles. The molecule has 0 saturated carbocycles. The van der Waals surface area contributed by atoms with E-state index in [4.69, 9.17) is 0 Å². The van der Waals surface area contributed by atoms with Crippen LogP contribution in [0.25, 0.3) is 0 Å². The molecule has 0 radical (unpaired) electrons. The summed E-state index contributed by atoms with van der Waals surface area (Å²) in [6.07, 6.45) is 3.89. The van der Waals surface area contributed by atoms with Gasteiger partial charge in [0.15, 0.2) is 0 Å². The normalized spacial score (nSPS) is 17.9. The maximum atomic E-state index is 12.2. The van der Waals surface area contributed by atoms with Crippen LogP contribution in [0.15, 0.2) is 28.7 Å². The average Bonchev–Trinajstić information content (AvgIpc) is 2.50. The van der Waals surface area contributed by atoms with Gasteiger partial charge < -0.3 is 10.6 Å². The molecule has 2 rings (SSSR count). The summed E-state index contributed by atoms with van der Waals surface area (Å²) in [6.45, 7) is 6.48.